The molecule has 1 aliphatic heterocycles. The number of ketones is 1. The van der Waals surface area contributed by atoms with Gasteiger partial charge >= 0.3 is 0 Å². The summed E-state index contributed by atoms with van der Waals surface area (Å²) >= 11 is 0. The van der Waals surface area contributed by atoms with E-state index in [9.17, 15) is 9.59 Å². The highest BCUT2D eigenvalue weighted by atomic mass is 35.5. The number of amides is 1. The van der Waals surface area contributed by atoms with Crippen molar-refractivity contribution in [2.45, 2.75) is 31.7 Å². The van der Waals surface area contributed by atoms with Crippen LogP contribution in [0.3, 0.4) is 0 Å². The molecule has 4 nitrogen and oxygen atoms in total. The van der Waals surface area contributed by atoms with Crippen LogP contribution in [0.25, 0.3) is 11.1 Å². The number of hydrogen-bond acceptors (Lipinski definition) is 3. The van der Waals surface area contributed by atoms with Gasteiger partial charge in [0, 0.05) is 37.5 Å². The number of rotatable bonds is 5. The lowest BCUT2D eigenvalue weighted by atomic mass is 10.0. The molecule has 138 valence electrons. The van der Waals surface area contributed by atoms with Gasteiger partial charge in [-0.1, -0.05) is 54.6 Å². The standard InChI is InChI=1S/C21H24N2O2.ClH/c22-19-12-14-23(15-13-19)21(25)11-10-20(24)18-8-6-17(7-9-18)16-4-2-1-3-5-16;/h1-9,19H,10-15,22H2;1H. The van der Waals surface area contributed by atoms with E-state index in [0.29, 0.717) is 18.7 Å². The van der Waals surface area contributed by atoms with E-state index in [2.05, 4.69) is 0 Å². The van der Waals surface area contributed by atoms with Crippen LogP contribution in [0.5, 0.6) is 0 Å². The number of hydrogen-bond donors (Lipinski definition) is 1. The van der Waals surface area contributed by atoms with Gasteiger partial charge in [-0.25, -0.2) is 0 Å². The van der Waals surface area contributed by atoms with Crippen LogP contribution in [-0.2, 0) is 4.79 Å². The van der Waals surface area contributed by atoms with Gasteiger partial charge in [0.2, 0.25) is 5.91 Å². The highest BCUT2D eigenvalue weighted by Gasteiger charge is 2.21. The number of benzene rings is 2. The Balaban J connectivity index is 0.00000243. The van der Waals surface area contributed by atoms with Crippen LogP contribution in [0.2, 0.25) is 0 Å². The Morgan fingerprint density at radius 1 is 0.885 bits per heavy atom. The predicted octanol–water partition coefficient (Wildman–Crippen LogP) is 3.69. The van der Waals surface area contributed by atoms with E-state index in [1.165, 1.54) is 0 Å². The Morgan fingerprint density at radius 2 is 1.46 bits per heavy atom. The van der Waals surface area contributed by atoms with Gasteiger partial charge in [-0.05, 0) is 24.0 Å². The number of piperidine rings is 1. The summed E-state index contributed by atoms with van der Waals surface area (Å²) in [6, 6.07) is 17.8. The fourth-order valence-corrected chi connectivity index (χ4v) is 3.15. The maximum absolute atomic E-state index is 12.3. The average molecular weight is 373 g/mol. The highest BCUT2D eigenvalue weighted by Crippen LogP contribution is 2.20. The molecule has 0 aromatic heterocycles. The van der Waals surface area contributed by atoms with Gasteiger partial charge in [0.1, 0.15) is 0 Å². The van der Waals surface area contributed by atoms with E-state index in [1.54, 1.807) is 0 Å². The highest BCUT2D eigenvalue weighted by molar-refractivity contribution is 5.98. The molecule has 1 fully saturated rings. The Kier molecular flexibility index (Phi) is 7.37. The summed E-state index contributed by atoms with van der Waals surface area (Å²) < 4.78 is 0. The van der Waals surface area contributed by atoms with Crippen LogP contribution in [-0.4, -0.2) is 35.7 Å². The van der Waals surface area contributed by atoms with E-state index in [0.717, 1.165) is 24.0 Å². The zero-order valence-corrected chi connectivity index (χ0v) is 15.6. The van der Waals surface area contributed by atoms with Crippen LogP contribution in [0.1, 0.15) is 36.0 Å². The first-order chi connectivity index (χ1) is 12.1. The first-order valence-corrected chi connectivity index (χ1v) is 8.85. The lowest BCUT2D eigenvalue weighted by Gasteiger charge is -2.30. The van der Waals surface area contributed by atoms with Crippen LogP contribution in [0.4, 0.5) is 0 Å². The van der Waals surface area contributed by atoms with Crippen molar-refractivity contribution in [2.24, 2.45) is 5.73 Å². The molecule has 1 amide bonds. The molecule has 0 radical (unpaired) electrons. The van der Waals surface area contributed by atoms with E-state index >= 15 is 0 Å². The normalized spacial score (nSPS) is 14.6. The topological polar surface area (TPSA) is 63.4 Å². The van der Waals surface area contributed by atoms with Gasteiger partial charge < -0.3 is 10.6 Å². The van der Waals surface area contributed by atoms with E-state index in [4.69, 9.17) is 5.73 Å². The molecule has 1 aliphatic rings. The first-order valence-electron chi connectivity index (χ1n) is 8.85. The summed E-state index contributed by atoms with van der Waals surface area (Å²) in [6.07, 6.45) is 2.22. The Labute approximate surface area is 160 Å². The maximum Gasteiger partial charge on any atom is 0.223 e. The minimum Gasteiger partial charge on any atom is -0.343 e. The largest absolute Gasteiger partial charge is 0.343 e. The van der Waals surface area contributed by atoms with Crippen molar-refractivity contribution in [1.82, 2.24) is 4.90 Å². The Bertz CT molecular complexity index is 723. The number of nitrogens with zero attached hydrogens (tertiary/aromatic N) is 1. The maximum atomic E-state index is 12.3. The number of likely N-dealkylation sites (tertiary alicyclic amines) is 1. The molecular formula is C21H25ClN2O2. The molecule has 0 bridgehead atoms. The Hall–Kier alpha value is -2.17. The number of halogens is 1. The molecule has 1 saturated heterocycles. The van der Waals surface area contributed by atoms with Crippen molar-refractivity contribution in [1.29, 1.82) is 0 Å². The van der Waals surface area contributed by atoms with Crippen molar-refractivity contribution in [2.75, 3.05) is 13.1 Å². The molecule has 2 N–H and O–H groups in total. The third-order valence-corrected chi connectivity index (χ3v) is 4.77. The third-order valence-electron chi connectivity index (χ3n) is 4.77. The molecule has 2 aromatic carbocycles. The molecule has 26 heavy (non-hydrogen) atoms. The monoisotopic (exact) mass is 372 g/mol. The SMILES string of the molecule is Cl.NC1CCN(C(=O)CCC(=O)c2ccc(-c3ccccc3)cc2)CC1. The quantitative estimate of drug-likeness (QED) is 0.814. The summed E-state index contributed by atoms with van der Waals surface area (Å²) in [6.45, 7) is 1.42. The van der Waals surface area contributed by atoms with Gasteiger partial charge in [0.05, 0.1) is 0 Å². The summed E-state index contributed by atoms with van der Waals surface area (Å²) in [5.41, 5.74) is 8.72. The molecule has 0 spiro atoms. The van der Waals surface area contributed by atoms with Gasteiger partial charge in [-0.15, -0.1) is 12.4 Å². The fourth-order valence-electron chi connectivity index (χ4n) is 3.15. The molecule has 0 saturated carbocycles. The summed E-state index contributed by atoms with van der Waals surface area (Å²) in [4.78, 5) is 26.4. The van der Waals surface area contributed by atoms with Crippen LogP contribution >= 0.6 is 12.4 Å². The van der Waals surface area contributed by atoms with Crippen molar-refractivity contribution < 1.29 is 9.59 Å². The third kappa shape index (κ3) is 5.16. The van der Waals surface area contributed by atoms with Crippen LogP contribution in [0.15, 0.2) is 54.6 Å². The number of nitrogens with two attached hydrogens (primary N) is 1. The van der Waals surface area contributed by atoms with Crippen molar-refractivity contribution >= 4 is 24.1 Å². The fraction of sp³-hybridized carbons (Fsp3) is 0.333. The minimum atomic E-state index is 0. The number of Topliss-reactive ketones (excluding diaryl/α,β-unsaturated/α-hetero) is 1. The number of carbonyl (C=O) groups excluding carboxylic acids is 2. The lowest BCUT2D eigenvalue weighted by molar-refractivity contribution is -0.132. The first kappa shape index (κ1) is 20.1. The lowest BCUT2D eigenvalue weighted by Crippen LogP contribution is -2.42. The average Bonchev–Trinajstić information content (AvgIpc) is 2.67. The van der Waals surface area contributed by atoms with Gasteiger partial charge in [0.15, 0.2) is 5.78 Å². The van der Waals surface area contributed by atoms with Crippen LogP contribution < -0.4 is 5.73 Å². The van der Waals surface area contributed by atoms with Crippen molar-refractivity contribution in [3.05, 3.63) is 60.2 Å². The van der Waals surface area contributed by atoms with Crippen molar-refractivity contribution in [3.63, 3.8) is 0 Å². The second-order valence-corrected chi connectivity index (χ2v) is 6.58. The van der Waals surface area contributed by atoms with Gasteiger partial charge in [-0.2, -0.15) is 0 Å². The molecule has 0 unspecified atom stereocenters. The van der Waals surface area contributed by atoms with Gasteiger partial charge in [-0.3, -0.25) is 9.59 Å². The Morgan fingerprint density at radius 3 is 2.08 bits per heavy atom. The summed E-state index contributed by atoms with van der Waals surface area (Å²) in [5.74, 6) is 0.0721. The van der Waals surface area contributed by atoms with E-state index < -0.39 is 0 Å². The smallest absolute Gasteiger partial charge is 0.223 e. The van der Waals surface area contributed by atoms with Crippen molar-refractivity contribution in [3.8, 4) is 11.1 Å². The molecule has 5 heteroatoms. The van der Waals surface area contributed by atoms with Crippen LogP contribution in [0, 0.1) is 0 Å². The zero-order valence-electron chi connectivity index (χ0n) is 14.8. The predicted molar refractivity (Wildman–Crippen MR) is 106 cm³/mol. The van der Waals surface area contributed by atoms with E-state index in [1.807, 2.05) is 59.5 Å². The molecule has 2 aromatic rings. The van der Waals surface area contributed by atoms with E-state index in [-0.39, 0.29) is 43.0 Å². The molecular weight excluding hydrogens is 348 g/mol. The summed E-state index contributed by atoms with van der Waals surface area (Å²) in [7, 11) is 0. The molecule has 3 rings (SSSR count). The molecule has 0 atom stereocenters. The molecule has 0 aliphatic carbocycles. The number of carbonyl (C=O) groups is 2. The summed E-state index contributed by atoms with van der Waals surface area (Å²) in [5, 5.41) is 0. The second kappa shape index (κ2) is 9.51. The van der Waals surface area contributed by atoms with Gasteiger partial charge in [0.25, 0.3) is 0 Å². The molecule has 1 heterocycles. The zero-order chi connectivity index (χ0) is 17.6. The second-order valence-electron chi connectivity index (χ2n) is 6.58. The minimum absolute atomic E-state index is 0.